The van der Waals surface area contributed by atoms with Crippen LogP contribution in [0.1, 0.15) is 18.5 Å². The Balaban J connectivity index is 0.000000136. The van der Waals surface area contributed by atoms with Crippen LogP contribution in [0.2, 0.25) is 0 Å². The Labute approximate surface area is 161 Å². The Morgan fingerprint density at radius 2 is 1.52 bits per heavy atom. The SMILES string of the molecule is CCN1CCN(O)CC1c1ccccc1.c1ccc(-c2cc3ccc2-3)cc1. The number of piperazine rings is 1. The van der Waals surface area contributed by atoms with Crippen LogP contribution >= 0.6 is 0 Å². The third kappa shape index (κ3) is 3.81. The van der Waals surface area contributed by atoms with E-state index < -0.39 is 0 Å². The molecule has 1 aliphatic heterocycles. The molecule has 0 saturated carbocycles. The van der Waals surface area contributed by atoms with E-state index >= 15 is 0 Å². The summed E-state index contributed by atoms with van der Waals surface area (Å²) in [7, 11) is 0. The van der Waals surface area contributed by atoms with E-state index in [1.54, 1.807) is 0 Å². The predicted molar refractivity (Wildman–Crippen MR) is 111 cm³/mol. The topological polar surface area (TPSA) is 26.7 Å². The molecule has 0 radical (unpaired) electrons. The molecule has 1 atom stereocenters. The second-order valence-corrected chi connectivity index (χ2v) is 7.09. The van der Waals surface area contributed by atoms with E-state index in [2.05, 4.69) is 84.6 Å². The molecule has 1 fully saturated rings. The van der Waals surface area contributed by atoms with Gasteiger partial charge in [0.05, 0.1) is 0 Å². The summed E-state index contributed by atoms with van der Waals surface area (Å²) in [6.07, 6.45) is 0. The average molecular weight is 358 g/mol. The lowest BCUT2D eigenvalue weighted by Crippen LogP contribution is -2.46. The molecule has 0 bridgehead atoms. The van der Waals surface area contributed by atoms with Gasteiger partial charge in [-0.25, -0.2) is 0 Å². The smallest absolute Gasteiger partial charge is 0.0498 e. The van der Waals surface area contributed by atoms with E-state index in [-0.39, 0.29) is 0 Å². The van der Waals surface area contributed by atoms with E-state index in [4.69, 9.17) is 0 Å². The first-order valence-corrected chi connectivity index (χ1v) is 9.69. The van der Waals surface area contributed by atoms with Crippen molar-refractivity contribution in [3.63, 3.8) is 0 Å². The summed E-state index contributed by atoms with van der Waals surface area (Å²) in [5, 5.41) is 11.0. The molecule has 2 aromatic carbocycles. The maximum atomic E-state index is 9.56. The molecule has 2 aromatic rings. The van der Waals surface area contributed by atoms with E-state index in [9.17, 15) is 5.21 Å². The van der Waals surface area contributed by atoms with Gasteiger partial charge >= 0.3 is 0 Å². The molecule has 0 spiro atoms. The van der Waals surface area contributed by atoms with Crippen molar-refractivity contribution in [3.05, 3.63) is 84.4 Å². The van der Waals surface area contributed by atoms with Crippen molar-refractivity contribution in [1.82, 2.24) is 9.96 Å². The molecule has 3 nitrogen and oxygen atoms in total. The number of hydrogen-bond donors (Lipinski definition) is 1. The summed E-state index contributed by atoms with van der Waals surface area (Å²) in [4.78, 5) is 2.40. The normalized spacial score (nSPS) is 18.5. The maximum absolute atomic E-state index is 9.56. The van der Waals surface area contributed by atoms with Crippen LogP contribution in [-0.4, -0.2) is 41.3 Å². The zero-order valence-electron chi connectivity index (χ0n) is 15.8. The van der Waals surface area contributed by atoms with E-state index in [0.717, 1.165) is 19.6 Å². The van der Waals surface area contributed by atoms with Crippen molar-refractivity contribution in [3.8, 4) is 22.3 Å². The van der Waals surface area contributed by atoms with Crippen LogP contribution in [0.15, 0.2) is 78.9 Å². The monoisotopic (exact) mass is 358 g/mol. The highest BCUT2D eigenvalue weighted by Gasteiger charge is 2.25. The molecular formula is C24H26N2O. The minimum Gasteiger partial charge on any atom is -0.314 e. The van der Waals surface area contributed by atoms with Gasteiger partial charge in [-0.2, -0.15) is 5.06 Å². The maximum Gasteiger partial charge on any atom is 0.0498 e. The lowest BCUT2D eigenvalue weighted by Gasteiger charge is -2.38. The zero-order valence-corrected chi connectivity index (χ0v) is 15.8. The Hall–Kier alpha value is -2.46. The lowest BCUT2D eigenvalue weighted by atomic mass is 9.83. The highest BCUT2D eigenvalue weighted by atomic mass is 16.5. The summed E-state index contributed by atoms with van der Waals surface area (Å²) in [5.74, 6) is 0. The van der Waals surface area contributed by atoms with Gasteiger partial charge in [0, 0.05) is 25.7 Å². The molecule has 2 aliphatic carbocycles. The fourth-order valence-corrected chi connectivity index (χ4v) is 3.82. The highest BCUT2D eigenvalue weighted by molar-refractivity contribution is 5.95. The van der Waals surface area contributed by atoms with Crippen molar-refractivity contribution in [1.29, 1.82) is 0 Å². The molecule has 1 N–H and O–H groups in total. The zero-order chi connectivity index (χ0) is 18.6. The molecule has 1 saturated heterocycles. The standard InChI is InChI=1S/C12H18N2O.C12H8/c1-2-13-8-9-14(15)10-12(13)11-6-4-3-5-7-11;1-2-4-9(5-3-1)12-8-10-6-7-11(10)12/h3-7,12,15H,2,8-10H2,1H3;1-8H. The number of hydrogen-bond acceptors (Lipinski definition) is 3. The van der Waals surface area contributed by atoms with Crippen LogP contribution in [-0.2, 0) is 0 Å². The summed E-state index contributed by atoms with van der Waals surface area (Å²) < 4.78 is 0. The number of benzene rings is 3. The van der Waals surface area contributed by atoms with Gasteiger partial charge in [0.2, 0.25) is 0 Å². The van der Waals surface area contributed by atoms with Crippen molar-refractivity contribution >= 4 is 0 Å². The fraction of sp³-hybridized carbons (Fsp3) is 0.250. The Morgan fingerprint density at radius 1 is 0.815 bits per heavy atom. The first kappa shape index (κ1) is 17.9. The van der Waals surface area contributed by atoms with Crippen molar-refractivity contribution in [2.75, 3.05) is 26.2 Å². The quantitative estimate of drug-likeness (QED) is 0.553. The van der Waals surface area contributed by atoms with Crippen molar-refractivity contribution in [2.45, 2.75) is 13.0 Å². The van der Waals surface area contributed by atoms with Gasteiger partial charge in [-0.1, -0.05) is 79.7 Å². The highest BCUT2D eigenvalue weighted by Crippen LogP contribution is 2.43. The van der Waals surface area contributed by atoms with Crippen LogP contribution in [0.3, 0.4) is 0 Å². The molecule has 0 aromatic heterocycles. The summed E-state index contributed by atoms with van der Waals surface area (Å²) in [6, 6.07) is 27.8. The lowest BCUT2D eigenvalue weighted by molar-refractivity contribution is -0.134. The molecule has 1 heterocycles. The van der Waals surface area contributed by atoms with E-state index in [1.807, 2.05) is 6.07 Å². The first-order valence-electron chi connectivity index (χ1n) is 9.69. The van der Waals surface area contributed by atoms with Crippen molar-refractivity contribution < 1.29 is 5.21 Å². The molecule has 5 rings (SSSR count). The molecule has 1 unspecified atom stereocenters. The first-order chi connectivity index (χ1) is 13.3. The van der Waals surface area contributed by atoms with Gasteiger partial charge in [0.15, 0.2) is 0 Å². The van der Waals surface area contributed by atoms with E-state index in [0.29, 0.717) is 12.6 Å². The van der Waals surface area contributed by atoms with Crippen LogP contribution in [0.4, 0.5) is 0 Å². The average Bonchev–Trinajstić information content (AvgIpc) is 2.72. The third-order valence-electron chi connectivity index (χ3n) is 5.48. The predicted octanol–water partition coefficient (Wildman–Crippen LogP) is 5.09. The number of hydroxylamine groups is 2. The van der Waals surface area contributed by atoms with Crippen LogP contribution in [0.5, 0.6) is 0 Å². The van der Waals surface area contributed by atoms with Gasteiger partial charge in [0.1, 0.15) is 0 Å². The minimum absolute atomic E-state index is 0.329. The number of fused-ring (bicyclic) bond motifs is 1. The Morgan fingerprint density at radius 3 is 2.07 bits per heavy atom. The van der Waals surface area contributed by atoms with Crippen LogP contribution in [0.25, 0.3) is 22.3 Å². The van der Waals surface area contributed by atoms with Gasteiger partial charge in [-0.15, -0.1) is 0 Å². The summed E-state index contributed by atoms with van der Waals surface area (Å²) >= 11 is 0. The van der Waals surface area contributed by atoms with Gasteiger partial charge in [-0.05, 0) is 40.4 Å². The second kappa shape index (κ2) is 8.05. The number of likely N-dealkylation sites (N-methyl/N-ethyl adjacent to an activating group) is 1. The molecule has 0 amide bonds. The summed E-state index contributed by atoms with van der Waals surface area (Å²) in [5.41, 5.74) is 6.86. The summed E-state index contributed by atoms with van der Waals surface area (Å²) in [6.45, 7) is 5.60. The van der Waals surface area contributed by atoms with Gasteiger partial charge in [0.25, 0.3) is 0 Å². The largest absolute Gasteiger partial charge is 0.314 e. The van der Waals surface area contributed by atoms with Crippen LogP contribution in [0, 0.1) is 0 Å². The fourth-order valence-electron chi connectivity index (χ4n) is 3.82. The Kier molecular flexibility index (Phi) is 5.35. The molecule has 3 aliphatic rings. The third-order valence-corrected chi connectivity index (χ3v) is 5.48. The van der Waals surface area contributed by atoms with Crippen molar-refractivity contribution in [2.24, 2.45) is 0 Å². The van der Waals surface area contributed by atoms with E-state index in [1.165, 1.54) is 32.9 Å². The Bertz CT molecular complexity index is 873. The van der Waals surface area contributed by atoms with Gasteiger partial charge in [-0.3, -0.25) is 4.90 Å². The number of rotatable bonds is 3. The minimum atomic E-state index is 0.329. The van der Waals surface area contributed by atoms with Gasteiger partial charge < -0.3 is 5.21 Å². The second-order valence-electron chi connectivity index (χ2n) is 7.09. The molecular weight excluding hydrogens is 332 g/mol. The molecule has 3 heteroatoms. The van der Waals surface area contributed by atoms with Crippen LogP contribution < -0.4 is 0 Å². The molecule has 27 heavy (non-hydrogen) atoms. The molecule has 138 valence electrons. The number of nitrogens with zero attached hydrogens (tertiary/aromatic N) is 2.